The van der Waals surface area contributed by atoms with Gasteiger partial charge < -0.3 is 5.32 Å². The average Bonchev–Trinajstić information content (AvgIpc) is 2.25. The standard InChI is InChI=1S/C9H9ClN4O/c1-2-5-12-9(15)14-13-8-7(10)4-3-6-11-8/h1,3-4,6H,5H2,(H,11,13)(H2,12,14,15). The molecular weight excluding hydrogens is 216 g/mol. The predicted octanol–water partition coefficient (Wildman–Crippen LogP) is 0.994. The SMILES string of the molecule is C#CCNC(=O)NNc1ncccc1Cl. The number of urea groups is 1. The number of anilines is 1. The Balaban J connectivity index is 2.41. The number of hydrogen-bond donors (Lipinski definition) is 3. The van der Waals surface area contributed by atoms with Crippen LogP contribution in [-0.2, 0) is 0 Å². The van der Waals surface area contributed by atoms with E-state index in [0.717, 1.165) is 0 Å². The van der Waals surface area contributed by atoms with E-state index in [1.165, 1.54) is 0 Å². The normalized spacial score (nSPS) is 8.80. The summed E-state index contributed by atoms with van der Waals surface area (Å²) < 4.78 is 0. The Hall–Kier alpha value is -1.93. The number of carbonyl (C=O) groups excluding carboxylic acids is 1. The minimum absolute atomic E-state index is 0.156. The average molecular weight is 225 g/mol. The molecule has 0 unspecified atom stereocenters. The highest BCUT2D eigenvalue weighted by molar-refractivity contribution is 6.32. The van der Waals surface area contributed by atoms with E-state index in [1.807, 2.05) is 0 Å². The zero-order valence-corrected chi connectivity index (χ0v) is 8.51. The van der Waals surface area contributed by atoms with E-state index < -0.39 is 6.03 Å². The van der Waals surface area contributed by atoms with Crippen molar-refractivity contribution in [2.45, 2.75) is 0 Å². The van der Waals surface area contributed by atoms with Crippen molar-refractivity contribution in [2.24, 2.45) is 0 Å². The Morgan fingerprint density at radius 3 is 3.13 bits per heavy atom. The zero-order chi connectivity index (χ0) is 11.1. The van der Waals surface area contributed by atoms with Crippen LogP contribution in [0, 0.1) is 12.3 Å². The Kier molecular flexibility index (Phi) is 4.26. The second-order valence-electron chi connectivity index (χ2n) is 2.47. The first kappa shape index (κ1) is 11.1. The molecule has 0 atom stereocenters. The van der Waals surface area contributed by atoms with Crippen LogP contribution < -0.4 is 16.2 Å². The summed E-state index contributed by atoms with van der Waals surface area (Å²) in [4.78, 5) is 14.9. The van der Waals surface area contributed by atoms with Gasteiger partial charge in [0.05, 0.1) is 11.6 Å². The zero-order valence-electron chi connectivity index (χ0n) is 7.75. The molecule has 5 nitrogen and oxygen atoms in total. The minimum Gasteiger partial charge on any atom is -0.326 e. The molecule has 0 aliphatic carbocycles. The first-order valence-corrected chi connectivity index (χ1v) is 4.45. The molecule has 1 aromatic rings. The lowest BCUT2D eigenvalue weighted by molar-refractivity contribution is 0.244. The molecule has 78 valence electrons. The molecular formula is C9H9ClN4O. The number of hydrazine groups is 1. The van der Waals surface area contributed by atoms with Crippen molar-refractivity contribution in [1.82, 2.24) is 15.7 Å². The van der Waals surface area contributed by atoms with E-state index in [-0.39, 0.29) is 6.54 Å². The maximum Gasteiger partial charge on any atom is 0.334 e. The number of hydrogen-bond acceptors (Lipinski definition) is 3. The molecule has 1 rings (SSSR count). The highest BCUT2D eigenvalue weighted by Crippen LogP contribution is 2.15. The first-order chi connectivity index (χ1) is 7.24. The first-order valence-electron chi connectivity index (χ1n) is 4.08. The third-order valence-corrected chi connectivity index (χ3v) is 1.71. The van der Waals surface area contributed by atoms with E-state index in [2.05, 4.69) is 27.1 Å². The molecule has 0 saturated carbocycles. The van der Waals surface area contributed by atoms with Gasteiger partial charge in [0.15, 0.2) is 5.82 Å². The molecule has 0 fully saturated rings. The number of rotatable bonds is 3. The van der Waals surface area contributed by atoms with Gasteiger partial charge in [0.25, 0.3) is 0 Å². The third kappa shape index (κ3) is 3.75. The summed E-state index contributed by atoms with van der Waals surface area (Å²) in [6, 6.07) is 2.89. The number of nitrogens with one attached hydrogen (secondary N) is 3. The largest absolute Gasteiger partial charge is 0.334 e. The summed E-state index contributed by atoms with van der Waals surface area (Å²) in [5.41, 5.74) is 4.88. The van der Waals surface area contributed by atoms with Gasteiger partial charge in [0.1, 0.15) is 0 Å². The van der Waals surface area contributed by atoms with Gasteiger partial charge in [-0.1, -0.05) is 17.5 Å². The number of carbonyl (C=O) groups is 1. The van der Waals surface area contributed by atoms with E-state index in [4.69, 9.17) is 18.0 Å². The number of amides is 2. The second-order valence-corrected chi connectivity index (χ2v) is 2.88. The fourth-order valence-electron chi connectivity index (χ4n) is 0.769. The minimum atomic E-state index is -0.449. The number of halogens is 1. The highest BCUT2D eigenvalue weighted by Gasteiger charge is 2.01. The van der Waals surface area contributed by atoms with Crippen LogP contribution in [0.3, 0.4) is 0 Å². The van der Waals surface area contributed by atoms with Crippen LogP contribution in [0.5, 0.6) is 0 Å². The smallest absolute Gasteiger partial charge is 0.326 e. The van der Waals surface area contributed by atoms with Gasteiger partial charge in [0, 0.05) is 6.20 Å². The fourth-order valence-corrected chi connectivity index (χ4v) is 0.938. The van der Waals surface area contributed by atoms with Crippen molar-refractivity contribution in [3.05, 3.63) is 23.4 Å². The molecule has 0 aromatic carbocycles. The van der Waals surface area contributed by atoms with E-state index in [0.29, 0.717) is 10.8 Å². The molecule has 2 amide bonds. The van der Waals surface area contributed by atoms with Gasteiger partial charge in [0.2, 0.25) is 0 Å². The van der Waals surface area contributed by atoms with Crippen LogP contribution in [-0.4, -0.2) is 17.6 Å². The van der Waals surface area contributed by atoms with Crippen LogP contribution >= 0.6 is 11.6 Å². The third-order valence-electron chi connectivity index (χ3n) is 1.40. The number of pyridine rings is 1. The predicted molar refractivity (Wildman–Crippen MR) is 58.2 cm³/mol. The van der Waals surface area contributed by atoms with Crippen molar-refractivity contribution in [3.8, 4) is 12.3 Å². The van der Waals surface area contributed by atoms with Gasteiger partial charge in [-0.05, 0) is 12.1 Å². The molecule has 6 heteroatoms. The van der Waals surface area contributed by atoms with Gasteiger partial charge in [-0.15, -0.1) is 6.42 Å². The van der Waals surface area contributed by atoms with Crippen molar-refractivity contribution >= 4 is 23.4 Å². The van der Waals surface area contributed by atoms with Gasteiger partial charge in [-0.3, -0.25) is 10.9 Å². The Morgan fingerprint density at radius 2 is 2.47 bits per heavy atom. The second kappa shape index (κ2) is 5.73. The van der Waals surface area contributed by atoms with Crippen LogP contribution in [0.2, 0.25) is 5.02 Å². The Morgan fingerprint density at radius 1 is 1.67 bits per heavy atom. The van der Waals surface area contributed by atoms with Crippen LogP contribution in [0.15, 0.2) is 18.3 Å². The number of aromatic nitrogens is 1. The van der Waals surface area contributed by atoms with Gasteiger partial charge in [-0.2, -0.15) is 0 Å². The fraction of sp³-hybridized carbons (Fsp3) is 0.111. The van der Waals surface area contributed by atoms with E-state index in [9.17, 15) is 4.79 Å². The summed E-state index contributed by atoms with van der Waals surface area (Å²) in [6.07, 6.45) is 6.51. The number of terminal acetylenes is 1. The summed E-state index contributed by atoms with van der Waals surface area (Å²) in [5, 5.41) is 2.81. The molecule has 0 radical (unpaired) electrons. The summed E-state index contributed by atoms with van der Waals surface area (Å²) in [5.74, 6) is 2.64. The summed E-state index contributed by atoms with van der Waals surface area (Å²) in [6.45, 7) is 0.156. The van der Waals surface area contributed by atoms with Crippen molar-refractivity contribution in [3.63, 3.8) is 0 Å². The molecule has 0 aliphatic rings. The molecule has 0 saturated heterocycles. The van der Waals surface area contributed by atoms with Crippen molar-refractivity contribution in [2.75, 3.05) is 12.0 Å². The lowest BCUT2D eigenvalue weighted by atomic mass is 10.5. The molecule has 0 aliphatic heterocycles. The molecule has 1 aromatic heterocycles. The van der Waals surface area contributed by atoms with Crippen LogP contribution in [0.4, 0.5) is 10.6 Å². The number of nitrogens with zero attached hydrogens (tertiary/aromatic N) is 1. The molecule has 0 bridgehead atoms. The van der Waals surface area contributed by atoms with Crippen molar-refractivity contribution in [1.29, 1.82) is 0 Å². The highest BCUT2D eigenvalue weighted by atomic mass is 35.5. The Bertz CT molecular complexity index is 388. The lowest BCUT2D eigenvalue weighted by Gasteiger charge is -2.08. The molecule has 3 N–H and O–H groups in total. The Labute approximate surface area is 92.2 Å². The molecule has 1 heterocycles. The molecule has 15 heavy (non-hydrogen) atoms. The van der Waals surface area contributed by atoms with E-state index >= 15 is 0 Å². The lowest BCUT2D eigenvalue weighted by Crippen LogP contribution is -2.39. The van der Waals surface area contributed by atoms with Gasteiger partial charge in [-0.25, -0.2) is 9.78 Å². The van der Waals surface area contributed by atoms with E-state index in [1.54, 1.807) is 18.3 Å². The molecule has 0 spiro atoms. The van der Waals surface area contributed by atoms with Gasteiger partial charge >= 0.3 is 6.03 Å². The monoisotopic (exact) mass is 224 g/mol. The van der Waals surface area contributed by atoms with Crippen LogP contribution in [0.25, 0.3) is 0 Å². The summed E-state index contributed by atoms with van der Waals surface area (Å²) >= 11 is 5.78. The topological polar surface area (TPSA) is 66.1 Å². The summed E-state index contributed by atoms with van der Waals surface area (Å²) in [7, 11) is 0. The quantitative estimate of drug-likeness (QED) is 0.530. The van der Waals surface area contributed by atoms with Crippen LogP contribution in [0.1, 0.15) is 0 Å². The maximum atomic E-state index is 11.0. The maximum absolute atomic E-state index is 11.0. The van der Waals surface area contributed by atoms with Crippen molar-refractivity contribution < 1.29 is 4.79 Å².